The van der Waals surface area contributed by atoms with Crippen molar-refractivity contribution < 1.29 is 0 Å². The molecule has 0 aromatic heterocycles. The van der Waals surface area contributed by atoms with Crippen LogP contribution in [0.5, 0.6) is 0 Å². The number of hydrogen-bond donors (Lipinski definition) is 1. The van der Waals surface area contributed by atoms with Crippen LogP contribution in [-0.2, 0) is 0 Å². The number of nitrogens with two attached hydrogens (primary N) is 1. The topological polar surface area (TPSA) is 29.3 Å². The Hall–Kier alpha value is -0.150. The maximum atomic E-state index is 5.73. The van der Waals surface area contributed by atoms with Gasteiger partial charge in [-0.15, -0.1) is 0 Å². The van der Waals surface area contributed by atoms with Crippen LogP contribution in [0.15, 0.2) is 0 Å². The van der Waals surface area contributed by atoms with Gasteiger partial charge < -0.3 is 10.6 Å². The van der Waals surface area contributed by atoms with Gasteiger partial charge in [0, 0.05) is 12.0 Å². The summed E-state index contributed by atoms with van der Waals surface area (Å²) >= 11 is 5.09. The van der Waals surface area contributed by atoms with Gasteiger partial charge in [-0.1, -0.05) is 37.9 Å². The highest BCUT2D eigenvalue weighted by atomic mass is 32.1. The molecule has 0 bridgehead atoms. The van der Waals surface area contributed by atoms with Crippen LogP contribution >= 0.6 is 12.2 Å². The molecular formula is C13H24N2S. The highest BCUT2D eigenvalue weighted by Gasteiger charge is 2.26. The molecule has 1 aliphatic heterocycles. The lowest BCUT2D eigenvalue weighted by Crippen LogP contribution is -2.43. The van der Waals surface area contributed by atoms with Crippen molar-refractivity contribution in [2.45, 2.75) is 57.4 Å². The maximum absolute atomic E-state index is 5.73. The quantitative estimate of drug-likeness (QED) is 0.594. The second-order valence-corrected chi connectivity index (χ2v) is 5.83. The molecule has 2 aliphatic rings. The third-order valence-corrected chi connectivity index (χ3v) is 4.61. The maximum Gasteiger partial charge on any atom is 0.0759 e. The van der Waals surface area contributed by atoms with Crippen molar-refractivity contribution in [1.82, 2.24) is 4.90 Å². The Morgan fingerprint density at radius 2 is 1.50 bits per heavy atom. The van der Waals surface area contributed by atoms with Gasteiger partial charge in [0.05, 0.1) is 4.99 Å². The second-order valence-electron chi connectivity index (χ2n) is 5.36. The summed E-state index contributed by atoms with van der Waals surface area (Å²) in [5, 5.41) is 0. The van der Waals surface area contributed by atoms with E-state index < -0.39 is 0 Å². The van der Waals surface area contributed by atoms with Crippen LogP contribution in [0, 0.1) is 5.92 Å². The van der Waals surface area contributed by atoms with Gasteiger partial charge in [-0.05, 0) is 38.8 Å². The molecule has 0 unspecified atom stereocenters. The molecule has 2 rings (SSSR count). The lowest BCUT2D eigenvalue weighted by atomic mass is 9.94. The molecule has 1 heterocycles. The first-order valence-electron chi connectivity index (χ1n) is 6.81. The number of rotatable bonds is 2. The summed E-state index contributed by atoms with van der Waals surface area (Å²) in [6, 6.07) is 0.856. The second kappa shape index (κ2) is 5.97. The van der Waals surface area contributed by atoms with Crippen molar-refractivity contribution >= 4 is 17.2 Å². The van der Waals surface area contributed by atoms with E-state index >= 15 is 0 Å². The van der Waals surface area contributed by atoms with Gasteiger partial charge in [-0.2, -0.15) is 0 Å². The summed E-state index contributed by atoms with van der Waals surface area (Å²) in [6.45, 7) is 2.43. The largest absolute Gasteiger partial charge is 0.393 e. The van der Waals surface area contributed by atoms with Gasteiger partial charge >= 0.3 is 0 Å². The predicted octanol–water partition coefficient (Wildman–Crippen LogP) is 2.71. The SMILES string of the molecule is NC(=S)C1CCN(C2CCCCCC2)CC1. The fraction of sp³-hybridized carbons (Fsp3) is 0.923. The van der Waals surface area contributed by atoms with E-state index in [1.165, 1.54) is 64.5 Å². The zero-order valence-corrected chi connectivity index (χ0v) is 11.0. The number of hydrogen-bond acceptors (Lipinski definition) is 2. The molecule has 1 aliphatic carbocycles. The summed E-state index contributed by atoms with van der Waals surface area (Å²) in [5.41, 5.74) is 5.73. The number of thiocarbonyl (C=S) groups is 1. The Morgan fingerprint density at radius 1 is 0.938 bits per heavy atom. The average Bonchev–Trinajstić information content (AvgIpc) is 2.57. The van der Waals surface area contributed by atoms with Crippen molar-refractivity contribution in [3.8, 4) is 0 Å². The molecule has 16 heavy (non-hydrogen) atoms. The third kappa shape index (κ3) is 3.17. The smallest absolute Gasteiger partial charge is 0.0759 e. The molecule has 2 fully saturated rings. The molecule has 0 aromatic carbocycles. The molecule has 2 nitrogen and oxygen atoms in total. The molecule has 92 valence electrons. The van der Waals surface area contributed by atoms with Gasteiger partial charge in [0.15, 0.2) is 0 Å². The first-order chi connectivity index (χ1) is 7.77. The lowest BCUT2D eigenvalue weighted by molar-refractivity contribution is 0.137. The van der Waals surface area contributed by atoms with Crippen LogP contribution in [-0.4, -0.2) is 29.0 Å². The van der Waals surface area contributed by atoms with Crippen molar-refractivity contribution in [2.24, 2.45) is 11.7 Å². The fourth-order valence-electron chi connectivity index (χ4n) is 3.17. The minimum atomic E-state index is 0.511. The first kappa shape index (κ1) is 12.3. The predicted molar refractivity (Wildman–Crippen MR) is 72.6 cm³/mol. The molecule has 0 atom stereocenters. The van der Waals surface area contributed by atoms with Crippen molar-refractivity contribution in [3.05, 3.63) is 0 Å². The highest BCUT2D eigenvalue weighted by molar-refractivity contribution is 7.80. The van der Waals surface area contributed by atoms with Gasteiger partial charge in [-0.3, -0.25) is 0 Å². The van der Waals surface area contributed by atoms with Crippen LogP contribution in [0.25, 0.3) is 0 Å². The van der Waals surface area contributed by atoms with Gasteiger partial charge in [-0.25, -0.2) is 0 Å². The van der Waals surface area contributed by atoms with E-state index in [1.54, 1.807) is 0 Å². The molecule has 3 heteroatoms. The molecule has 0 aromatic rings. The Balaban J connectivity index is 1.81. The van der Waals surface area contributed by atoms with Gasteiger partial charge in [0.1, 0.15) is 0 Å². The number of nitrogens with zero attached hydrogens (tertiary/aromatic N) is 1. The first-order valence-corrected chi connectivity index (χ1v) is 7.21. The molecule has 0 amide bonds. The van der Waals surface area contributed by atoms with Crippen molar-refractivity contribution in [2.75, 3.05) is 13.1 Å². The van der Waals surface area contributed by atoms with Crippen LogP contribution in [0.4, 0.5) is 0 Å². The van der Waals surface area contributed by atoms with Crippen LogP contribution in [0.3, 0.4) is 0 Å². The minimum Gasteiger partial charge on any atom is -0.393 e. The van der Waals surface area contributed by atoms with Crippen LogP contribution < -0.4 is 5.73 Å². The lowest BCUT2D eigenvalue weighted by Gasteiger charge is -2.37. The Labute approximate surface area is 105 Å². The minimum absolute atomic E-state index is 0.511. The van der Waals surface area contributed by atoms with E-state index in [1.807, 2.05) is 0 Å². The third-order valence-electron chi connectivity index (χ3n) is 4.27. The molecule has 0 spiro atoms. The van der Waals surface area contributed by atoms with E-state index in [0.717, 1.165) is 11.0 Å². The highest BCUT2D eigenvalue weighted by Crippen LogP contribution is 2.26. The van der Waals surface area contributed by atoms with Crippen molar-refractivity contribution in [3.63, 3.8) is 0 Å². The molecule has 2 N–H and O–H groups in total. The normalized spacial score (nSPS) is 26.5. The van der Waals surface area contributed by atoms with E-state index in [0.29, 0.717) is 5.92 Å². The standard InChI is InChI=1S/C13H24N2S/c14-13(16)11-7-9-15(10-8-11)12-5-3-1-2-4-6-12/h11-12H,1-10H2,(H2,14,16). The Morgan fingerprint density at radius 3 is 2.00 bits per heavy atom. The summed E-state index contributed by atoms with van der Waals surface area (Å²) in [4.78, 5) is 3.43. The average molecular weight is 240 g/mol. The van der Waals surface area contributed by atoms with E-state index in [2.05, 4.69) is 4.90 Å². The van der Waals surface area contributed by atoms with Crippen molar-refractivity contribution in [1.29, 1.82) is 0 Å². The summed E-state index contributed by atoms with van der Waals surface area (Å²) in [7, 11) is 0. The fourth-order valence-corrected chi connectivity index (χ4v) is 3.41. The summed E-state index contributed by atoms with van der Waals surface area (Å²) in [5.74, 6) is 0.511. The van der Waals surface area contributed by atoms with Gasteiger partial charge in [0.25, 0.3) is 0 Å². The Kier molecular flexibility index (Phi) is 4.59. The Bertz CT molecular complexity index is 226. The molecular weight excluding hydrogens is 216 g/mol. The molecule has 0 radical (unpaired) electrons. The van der Waals surface area contributed by atoms with E-state index in [4.69, 9.17) is 18.0 Å². The van der Waals surface area contributed by atoms with E-state index in [-0.39, 0.29) is 0 Å². The number of piperidine rings is 1. The van der Waals surface area contributed by atoms with Crippen LogP contribution in [0.1, 0.15) is 51.4 Å². The van der Waals surface area contributed by atoms with E-state index in [9.17, 15) is 0 Å². The molecule has 1 saturated heterocycles. The molecule has 1 saturated carbocycles. The monoisotopic (exact) mass is 240 g/mol. The zero-order chi connectivity index (χ0) is 11.4. The zero-order valence-electron chi connectivity index (χ0n) is 10.2. The number of likely N-dealkylation sites (tertiary alicyclic amines) is 1. The summed E-state index contributed by atoms with van der Waals surface area (Å²) in [6.07, 6.45) is 11.0. The van der Waals surface area contributed by atoms with Crippen LogP contribution in [0.2, 0.25) is 0 Å². The summed E-state index contributed by atoms with van der Waals surface area (Å²) < 4.78 is 0. The van der Waals surface area contributed by atoms with Gasteiger partial charge in [0.2, 0.25) is 0 Å².